The zero-order valence-corrected chi connectivity index (χ0v) is 22.6. The highest BCUT2D eigenvalue weighted by atomic mass is 32.2. The van der Waals surface area contributed by atoms with Crippen LogP contribution in [0.25, 0.3) is 10.9 Å². The number of carbonyl (C=O) groups is 1. The number of pyridine rings is 1. The standard InChI is InChI=1S/C27H32F3N3O5S/c1-3-39(36,37)21-10-6-18(7-11-21)22(15-34)32-25(35)23-14-19-12-13-31-26(24(19)33(23)2)38-16-17-4-8-20(9-5-17)27(28,29)30/h6-7,10-14,17,20,22,34H,3-5,8-9,15-16H2,1-2H3,(H,32,35). The summed E-state index contributed by atoms with van der Waals surface area (Å²) in [4.78, 5) is 17.6. The van der Waals surface area contributed by atoms with Crippen molar-refractivity contribution < 1.29 is 36.2 Å². The number of halogens is 3. The summed E-state index contributed by atoms with van der Waals surface area (Å²) < 4.78 is 70.6. The highest BCUT2D eigenvalue weighted by Crippen LogP contribution is 2.39. The fourth-order valence-corrected chi connectivity index (χ4v) is 5.87. The third kappa shape index (κ3) is 6.38. The van der Waals surface area contributed by atoms with E-state index in [0.717, 1.165) is 0 Å². The molecule has 2 N–H and O–H groups in total. The van der Waals surface area contributed by atoms with Gasteiger partial charge in [-0.05, 0) is 61.4 Å². The average Bonchev–Trinajstić information content (AvgIpc) is 3.27. The molecule has 212 valence electrons. The molecule has 12 heteroatoms. The highest BCUT2D eigenvalue weighted by Gasteiger charge is 2.41. The van der Waals surface area contributed by atoms with Crippen LogP contribution in [0.1, 0.15) is 54.7 Å². The summed E-state index contributed by atoms with van der Waals surface area (Å²) in [7, 11) is -1.70. The molecule has 1 atom stereocenters. The Hall–Kier alpha value is -3.12. The molecule has 2 heterocycles. The van der Waals surface area contributed by atoms with Gasteiger partial charge >= 0.3 is 6.18 Å². The van der Waals surface area contributed by atoms with E-state index in [1.807, 2.05) is 0 Å². The van der Waals surface area contributed by atoms with Crippen LogP contribution in [0.2, 0.25) is 0 Å². The van der Waals surface area contributed by atoms with E-state index in [-0.39, 0.29) is 41.7 Å². The molecule has 2 aromatic heterocycles. The maximum Gasteiger partial charge on any atom is 0.391 e. The molecule has 0 saturated heterocycles. The second kappa shape index (κ2) is 11.5. The first-order valence-electron chi connectivity index (χ1n) is 12.8. The van der Waals surface area contributed by atoms with Crippen LogP contribution in [0.15, 0.2) is 47.5 Å². The number of rotatable bonds is 9. The number of fused-ring (bicyclic) bond motifs is 1. The third-order valence-corrected chi connectivity index (χ3v) is 9.17. The van der Waals surface area contributed by atoms with Crippen LogP contribution in [-0.2, 0) is 16.9 Å². The van der Waals surface area contributed by atoms with Crippen LogP contribution >= 0.6 is 0 Å². The smallest absolute Gasteiger partial charge is 0.391 e. The molecule has 39 heavy (non-hydrogen) atoms. The first kappa shape index (κ1) is 28.9. The van der Waals surface area contributed by atoms with Gasteiger partial charge < -0.3 is 19.7 Å². The number of amides is 1. The van der Waals surface area contributed by atoms with Crippen molar-refractivity contribution in [2.24, 2.45) is 18.9 Å². The van der Waals surface area contributed by atoms with E-state index in [1.54, 1.807) is 49.0 Å². The number of hydrogen-bond donors (Lipinski definition) is 2. The maximum atomic E-state index is 13.2. The van der Waals surface area contributed by atoms with Gasteiger partial charge in [0.25, 0.3) is 5.91 Å². The summed E-state index contributed by atoms with van der Waals surface area (Å²) in [5.74, 6) is -1.47. The number of benzene rings is 1. The normalized spacial score (nSPS) is 19.1. The lowest BCUT2D eigenvalue weighted by Crippen LogP contribution is -2.32. The van der Waals surface area contributed by atoms with Crippen LogP contribution in [0.4, 0.5) is 13.2 Å². The van der Waals surface area contributed by atoms with E-state index >= 15 is 0 Å². The molecule has 1 aromatic carbocycles. The molecule has 0 bridgehead atoms. The molecule has 8 nitrogen and oxygen atoms in total. The van der Waals surface area contributed by atoms with E-state index in [1.165, 1.54) is 12.1 Å². The van der Waals surface area contributed by atoms with Crippen LogP contribution in [-0.4, -0.2) is 54.1 Å². The monoisotopic (exact) mass is 567 g/mol. The van der Waals surface area contributed by atoms with Gasteiger partial charge in [-0.25, -0.2) is 13.4 Å². The van der Waals surface area contributed by atoms with Crippen molar-refractivity contribution in [1.82, 2.24) is 14.9 Å². The van der Waals surface area contributed by atoms with Crippen molar-refractivity contribution in [3.63, 3.8) is 0 Å². The Kier molecular flexibility index (Phi) is 8.55. The Bertz CT molecular complexity index is 1410. The second-order valence-electron chi connectivity index (χ2n) is 9.89. The van der Waals surface area contributed by atoms with E-state index < -0.39 is 40.5 Å². The van der Waals surface area contributed by atoms with E-state index in [0.29, 0.717) is 35.2 Å². The van der Waals surface area contributed by atoms with Gasteiger partial charge in [0.05, 0.1) is 35.8 Å². The number of sulfone groups is 1. The van der Waals surface area contributed by atoms with Gasteiger partial charge in [0.15, 0.2) is 9.84 Å². The number of ether oxygens (including phenoxy) is 1. The largest absolute Gasteiger partial charge is 0.476 e. The first-order valence-corrected chi connectivity index (χ1v) is 14.5. The van der Waals surface area contributed by atoms with Crippen LogP contribution < -0.4 is 10.1 Å². The molecule has 1 unspecified atom stereocenters. The minimum atomic E-state index is -4.16. The molecular formula is C27H32F3N3O5S. The van der Waals surface area contributed by atoms with E-state index in [4.69, 9.17) is 4.74 Å². The molecule has 1 amide bonds. The molecule has 1 fully saturated rings. The quantitative estimate of drug-likeness (QED) is 0.392. The van der Waals surface area contributed by atoms with Gasteiger partial charge in [-0.1, -0.05) is 19.1 Å². The van der Waals surface area contributed by atoms with E-state index in [2.05, 4.69) is 10.3 Å². The summed E-state index contributed by atoms with van der Waals surface area (Å²) in [6.07, 6.45) is -1.58. The van der Waals surface area contributed by atoms with Gasteiger partial charge in [-0.15, -0.1) is 0 Å². The molecule has 0 spiro atoms. The van der Waals surface area contributed by atoms with Crippen molar-refractivity contribution in [3.05, 3.63) is 53.9 Å². The van der Waals surface area contributed by atoms with Gasteiger partial charge in [0, 0.05) is 18.6 Å². The van der Waals surface area contributed by atoms with Crippen molar-refractivity contribution in [2.45, 2.75) is 49.7 Å². The lowest BCUT2D eigenvalue weighted by Gasteiger charge is -2.29. The molecular weight excluding hydrogens is 535 g/mol. The number of nitrogens with zero attached hydrogens (tertiary/aromatic N) is 2. The fraction of sp³-hybridized carbons (Fsp3) is 0.481. The van der Waals surface area contributed by atoms with Gasteiger partial charge in [0.2, 0.25) is 5.88 Å². The predicted molar refractivity (Wildman–Crippen MR) is 139 cm³/mol. The average molecular weight is 568 g/mol. The minimum Gasteiger partial charge on any atom is -0.476 e. The van der Waals surface area contributed by atoms with Crippen LogP contribution in [0, 0.1) is 11.8 Å². The Labute approximate surface area is 225 Å². The number of aliphatic hydroxyl groups is 1. The number of nitrogens with one attached hydrogen (secondary N) is 1. The highest BCUT2D eigenvalue weighted by molar-refractivity contribution is 7.91. The van der Waals surface area contributed by atoms with Gasteiger partial charge in [0.1, 0.15) is 11.2 Å². The number of aliphatic hydroxyl groups excluding tert-OH is 1. The number of carbonyl (C=O) groups excluding carboxylic acids is 1. The summed E-state index contributed by atoms with van der Waals surface area (Å²) in [5, 5.41) is 13.4. The van der Waals surface area contributed by atoms with Crippen molar-refractivity contribution in [1.29, 1.82) is 0 Å². The summed E-state index contributed by atoms with van der Waals surface area (Å²) in [6.45, 7) is 1.39. The molecule has 1 aliphatic carbocycles. The van der Waals surface area contributed by atoms with Crippen molar-refractivity contribution in [3.8, 4) is 5.88 Å². The lowest BCUT2D eigenvalue weighted by atomic mass is 9.82. The Balaban J connectivity index is 1.46. The van der Waals surface area contributed by atoms with Crippen molar-refractivity contribution >= 4 is 26.6 Å². The Morgan fingerprint density at radius 2 is 1.85 bits per heavy atom. The number of aryl methyl sites for hydroxylation is 1. The molecule has 0 radical (unpaired) electrons. The van der Waals surface area contributed by atoms with Crippen LogP contribution in [0.3, 0.4) is 0 Å². The SMILES string of the molecule is CCS(=O)(=O)c1ccc(C(CO)NC(=O)c2cc3ccnc(OCC4CCC(C(F)(F)F)CC4)c3n2C)cc1. The predicted octanol–water partition coefficient (Wildman–Crippen LogP) is 4.58. The third-order valence-electron chi connectivity index (χ3n) is 7.42. The van der Waals surface area contributed by atoms with Crippen LogP contribution in [0.5, 0.6) is 5.88 Å². The number of alkyl halides is 3. The minimum absolute atomic E-state index is 0.00675. The second-order valence-corrected chi connectivity index (χ2v) is 12.2. The molecule has 1 saturated carbocycles. The molecule has 3 aromatic rings. The summed E-state index contributed by atoms with van der Waals surface area (Å²) in [5.41, 5.74) is 1.41. The number of aromatic nitrogens is 2. The number of hydrogen-bond acceptors (Lipinski definition) is 6. The fourth-order valence-electron chi connectivity index (χ4n) is 4.98. The van der Waals surface area contributed by atoms with Gasteiger partial charge in [-0.3, -0.25) is 4.79 Å². The topological polar surface area (TPSA) is 111 Å². The van der Waals surface area contributed by atoms with Crippen molar-refractivity contribution in [2.75, 3.05) is 19.0 Å². The Morgan fingerprint density at radius 3 is 2.44 bits per heavy atom. The molecule has 4 rings (SSSR count). The summed E-state index contributed by atoms with van der Waals surface area (Å²) >= 11 is 0. The molecule has 0 aliphatic heterocycles. The lowest BCUT2D eigenvalue weighted by molar-refractivity contribution is -0.184. The first-order chi connectivity index (χ1) is 18.4. The van der Waals surface area contributed by atoms with Gasteiger partial charge in [-0.2, -0.15) is 13.2 Å². The zero-order chi connectivity index (χ0) is 28.4. The molecule has 1 aliphatic rings. The zero-order valence-electron chi connectivity index (χ0n) is 21.7. The van der Waals surface area contributed by atoms with E-state index in [9.17, 15) is 31.5 Å². The maximum absolute atomic E-state index is 13.2. The summed E-state index contributed by atoms with van der Waals surface area (Å²) in [6, 6.07) is 8.64. The Morgan fingerprint density at radius 1 is 1.18 bits per heavy atom.